The maximum absolute atomic E-state index is 14.8. The first kappa shape index (κ1) is 19.3. The van der Waals surface area contributed by atoms with Crippen LogP contribution in [0.4, 0.5) is 26.2 Å². The molecule has 0 unspecified atom stereocenters. The van der Waals surface area contributed by atoms with Crippen LogP contribution in [-0.2, 0) is 4.74 Å². The lowest BCUT2D eigenvalue weighted by Gasteiger charge is -2.37. The van der Waals surface area contributed by atoms with Gasteiger partial charge in [-0.05, 0) is 30.3 Å². The third-order valence-electron chi connectivity index (χ3n) is 5.42. The Bertz CT molecular complexity index is 886. The molecule has 2 aliphatic rings. The van der Waals surface area contributed by atoms with Crippen molar-refractivity contribution in [2.45, 2.75) is 6.10 Å². The van der Waals surface area contributed by atoms with Gasteiger partial charge in [-0.2, -0.15) is 0 Å². The maximum Gasteiger partial charge on any atom is 0.414 e. The van der Waals surface area contributed by atoms with E-state index in [1.54, 1.807) is 19.2 Å². The third-order valence-corrected chi connectivity index (χ3v) is 5.42. The van der Waals surface area contributed by atoms with E-state index in [4.69, 9.17) is 15.2 Å². The highest BCUT2D eigenvalue weighted by molar-refractivity contribution is 5.90. The number of cyclic esters (lactones) is 1. The van der Waals surface area contributed by atoms with Gasteiger partial charge >= 0.3 is 6.09 Å². The summed E-state index contributed by atoms with van der Waals surface area (Å²) >= 11 is 0. The highest BCUT2D eigenvalue weighted by atomic mass is 19.1. The number of piperazine rings is 1. The SMILES string of the molecule is COc1cccc(N2CCN(c3ccc(N4C[C@H](CN)OC4=O)cc3F)CC2)c1. The molecule has 0 aromatic heterocycles. The minimum atomic E-state index is -0.487. The molecule has 2 aromatic carbocycles. The van der Waals surface area contributed by atoms with E-state index < -0.39 is 6.09 Å². The molecule has 0 bridgehead atoms. The van der Waals surface area contributed by atoms with Crippen LogP contribution in [0.2, 0.25) is 0 Å². The van der Waals surface area contributed by atoms with Crippen LogP contribution in [0.25, 0.3) is 0 Å². The van der Waals surface area contributed by atoms with E-state index in [1.807, 2.05) is 23.1 Å². The summed E-state index contributed by atoms with van der Waals surface area (Å²) in [4.78, 5) is 17.7. The molecule has 154 valence electrons. The normalized spacial score (nSPS) is 19.5. The molecule has 4 rings (SSSR count). The first-order valence-corrected chi connectivity index (χ1v) is 9.71. The number of nitrogens with two attached hydrogens (primary N) is 1. The Labute approximate surface area is 169 Å². The predicted octanol–water partition coefficient (Wildman–Crippen LogP) is 2.44. The van der Waals surface area contributed by atoms with Crippen LogP contribution in [0, 0.1) is 5.82 Å². The number of carbonyl (C=O) groups excluding carboxylic acids is 1. The standard InChI is InChI=1S/C21H25FN4O3/c1-28-17-4-2-3-15(11-17)24-7-9-25(10-8-24)20-6-5-16(12-19(20)22)26-14-18(13-23)29-21(26)27/h2-6,11-12,18H,7-10,13-14,23H2,1H3/t18-/m0/s1. The summed E-state index contributed by atoms with van der Waals surface area (Å²) in [6.45, 7) is 3.56. The second kappa shape index (κ2) is 8.16. The Balaban J connectivity index is 1.43. The molecule has 2 fully saturated rings. The van der Waals surface area contributed by atoms with Crippen molar-refractivity contribution in [2.75, 3.05) is 61.1 Å². The van der Waals surface area contributed by atoms with Gasteiger partial charge < -0.3 is 25.0 Å². The van der Waals surface area contributed by atoms with Crippen molar-refractivity contribution in [3.8, 4) is 5.75 Å². The number of hydrogen-bond acceptors (Lipinski definition) is 6. The Morgan fingerprint density at radius 3 is 2.52 bits per heavy atom. The van der Waals surface area contributed by atoms with Gasteiger partial charge in [0.1, 0.15) is 17.7 Å². The van der Waals surface area contributed by atoms with Crippen LogP contribution < -0.4 is 25.2 Å². The molecule has 0 spiro atoms. The molecule has 2 heterocycles. The van der Waals surface area contributed by atoms with Crippen LogP contribution in [0.1, 0.15) is 0 Å². The number of ether oxygens (including phenoxy) is 2. The molecular weight excluding hydrogens is 375 g/mol. The summed E-state index contributed by atoms with van der Waals surface area (Å²) in [5.41, 5.74) is 7.69. The van der Waals surface area contributed by atoms with E-state index in [0.29, 0.717) is 31.0 Å². The summed E-state index contributed by atoms with van der Waals surface area (Å²) in [6, 6.07) is 12.8. The molecule has 8 heteroatoms. The second-order valence-electron chi connectivity index (χ2n) is 7.16. The summed E-state index contributed by atoms with van der Waals surface area (Å²) in [5, 5.41) is 0. The van der Waals surface area contributed by atoms with Gasteiger partial charge in [-0.25, -0.2) is 9.18 Å². The Kier molecular flexibility index (Phi) is 5.44. The molecule has 2 aromatic rings. The smallest absolute Gasteiger partial charge is 0.414 e. The monoisotopic (exact) mass is 400 g/mol. The first-order valence-electron chi connectivity index (χ1n) is 9.71. The Morgan fingerprint density at radius 2 is 1.86 bits per heavy atom. The zero-order valence-corrected chi connectivity index (χ0v) is 16.4. The number of halogens is 1. The summed E-state index contributed by atoms with van der Waals surface area (Å²) < 4.78 is 25.3. The van der Waals surface area contributed by atoms with E-state index in [2.05, 4.69) is 11.0 Å². The first-order chi connectivity index (χ1) is 14.1. The quantitative estimate of drug-likeness (QED) is 0.831. The summed E-state index contributed by atoms with van der Waals surface area (Å²) in [5.74, 6) is 0.477. The number of amides is 1. The zero-order chi connectivity index (χ0) is 20.4. The van der Waals surface area contributed by atoms with E-state index in [0.717, 1.165) is 24.5 Å². The molecule has 2 N–H and O–H groups in total. The zero-order valence-electron chi connectivity index (χ0n) is 16.4. The second-order valence-corrected chi connectivity index (χ2v) is 7.16. The minimum Gasteiger partial charge on any atom is -0.497 e. The Hall–Kier alpha value is -3.00. The molecule has 0 saturated carbocycles. The fraction of sp³-hybridized carbons (Fsp3) is 0.381. The van der Waals surface area contributed by atoms with E-state index in [9.17, 15) is 9.18 Å². The molecule has 2 aliphatic heterocycles. The van der Waals surface area contributed by atoms with Crippen molar-refractivity contribution >= 4 is 23.2 Å². The molecule has 2 saturated heterocycles. The van der Waals surface area contributed by atoms with Gasteiger partial charge in [-0.1, -0.05) is 6.07 Å². The average molecular weight is 400 g/mol. The molecule has 0 aliphatic carbocycles. The van der Waals surface area contributed by atoms with Gasteiger partial charge in [0.2, 0.25) is 0 Å². The van der Waals surface area contributed by atoms with Crippen molar-refractivity contribution in [2.24, 2.45) is 5.73 Å². The largest absolute Gasteiger partial charge is 0.497 e. The molecule has 1 amide bonds. The van der Waals surface area contributed by atoms with Crippen molar-refractivity contribution in [3.63, 3.8) is 0 Å². The Morgan fingerprint density at radius 1 is 1.10 bits per heavy atom. The predicted molar refractivity (Wildman–Crippen MR) is 110 cm³/mol. The van der Waals surface area contributed by atoms with Crippen molar-refractivity contribution in [1.29, 1.82) is 0 Å². The van der Waals surface area contributed by atoms with Crippen LogP contribution in [0.3, 0.4) is 0 Å². The van der Waals surface area contributed by atoms with Crippen LogP contribution in [0.15, 0.2) is 42.5 Å². The average Bonchev–Trinajstić information content (AvgIpc) is 3.14. The summed E-state index contributed by atoms with van der Waals surface area (Å²) in [7, 11) is 1.65. The van der Waals surface area contributed by atoms with Gasteiger partial charge in [0.15, 0.2) is 0 Å². The number of anilines is 3. The van der Waals surface area contributed by atoms with Gasteiger partial charge in [-0.3, -0.25) is 4.90 Å². The van der Waals surface area contributed by atoms with Gasteiger partial charge in [0.05, 0.1) is 25.0 Å². The molecule has 7 nitrogen and oxygen atoms in total. The topological polar surface area (TPSA) is 71.3 Å². The van der Waals surface area contributed by atoms with E-state index >= 15 is 0 Å². The number of carbonyl (C=O) groups is 1. The van der Waals surface area contributed by atoms with Crippen molar-refractivity contribution < 1.29 is 18.7 Å². The number of benzene rings is 2. The third kappa shape index (κ3) is 3.93. The lowest BCUT2D eigenvalue weighted by molar-refractivity contribution is 0.145. The van der Waals surface area contributed by atoms with Crippen molar-refractivity contribution in [1.82, 2.24) is 0 Å². The highest BCUT2D eigenvalue weighted by Gasteiger charge is 2.32. The van der Waals surface area contributed by atoms with E-state index in [1.165, 1.54) is 11.0 Å². The molecular formula is C21H25FN4O3. The summed E-state index contributed by atoms with van der Waals surface area (Å²) in [6.07, 6.45) is -0.838. The number of methoxy groups -OCH3 is 1. The number of rotatable bonds is 5. The molecule has 1 atom stereocenters. The highest BCUT2D eigenvalue weighted by Crippen LogP contribution is 2.29. The lowest BCUT2D eigenvalue weighted by Crippen LogP contribution is -2.46. The van der Waals surface area contributed by atoms with Gasteiger partial charge in [0.25, 0.3) is 0 Å². The minimum absolute atomic E-state index is 0.250. The molecule has 0 radical (unpaired) electrons. The number of hydrogen-bond donors (Lipinski definition) is 1. The number of nitrogens with zero attached hydrogens (tertiary/aromatic N) is 3. The molecule has 29 heavy (non-hydrogen) atoms. The van der Waals surface area contributed by atoms with Crippen LogP contribution in [-0.4, -0.2) is 58.6 Å². The lowest BCUT2D eigenvalue weighted by atomic mass is 10.2. The van der Waals surface area contributed by atoms with Gasteiger partial charge in [-0.15, -0.1) is 0 Å². The van der Waals surface area contributed by atoms with Crippen molar-refractivity contribution in [3.05, 3.63) is 48.3 Å². The fourth-order valence-electron chi connectivity index (χ4n) is 3.79. The fourth-order valence-corrected chi connectivity index (χ4v) is 3.79. The van der Waals surface area contributed by atoms with Crippen LogP contribution >= 0.6 is 0 Å². The van der Waals surface area contributed by atoms with E-state index in [-0.39, 0.29) is 18.5 Å². The van der Waals surface area contributed by atoms with Crippen LogP contribution in [0.5, 0.6) is 5.75 Å². The van der Waals surface area contributed by atoms with Gasteiger partial charge in [0, 0.05) is 44.5 Å². The maximum atomic E-state index is 14.8.